The standard InChI is InChI=1S/C15H23N3O3/c1-15(2,3)21-14(20)12-4-5-13(17-16-12)18-8-6-11(10-19)7-9-18/h4-5,11,19H,6-10H2,1-3H3. The lowest BCUT2D eigenvalue weighted by Crippen LogP contribution is -2.35. The van der Waals surface area contributed by atoms with Crippen LogP contribution < -0.4 is 4.90 Å². The fraction of sp³-hybridized carbons (Fsp3) is 0.667. The number of anilines is 1. The maximum absolute atomic E-state index is 11.9. The first kappa shape index (κ1) is 15.7. The van der Waals surface area contributed by atoms with Gasteiger partial charge in [0, 0.05) is 19.7 Å². The molecule has 0 saturated carbocycles. The molecule has 2 rings (SSSR count). The van der Waals surface area contributed by atoms with Crippen molar-refractivity contribution in [2.45, 2.75) is 39.2 Å². The minimum absolute atomic E-state index is 0.221. The van der Waals surface area contributed by atoms with Crippen molar-refractivity contribution in [3.63, 3.8) is 0 Å². The molecule has 0 aromatic carbocycles. The molecule has 0 atom stereocenters. The summed E-state index contributed by atoms with van der Waals surface area (Å²) in [5, 5.41) is 17.2. The van der Waals surface area contributed by atoms with Crippen molar-refractivity contribution in [3.8, 4) is 0 Å². The van der Waals surface area contributed by atoms with E-state index in [9.17, 15) is 4.79 Å². The quantitative estimate of drug-likeness (QED) is 0.854. The number of rotatable bonds is 3. The molecule has 116 valence electrons. The van der Waals surface area contributed by atoms with Gasteiger partial charge in [-0.05, 0) is 51.7 Å². The van der Waals surface area contributed by atoms with Gasteiger partial charge in [0.05, 0.1) is 0 Å². The highest BCUT2D eigenvalue weighted by molar-refractivity contribution is 5.87. The second kappa shape index (κ2) is 6.39. The zero-order valence-corrected chi connectivity index (χ0v) is 12.9. The van der Waals surface area contributed by atoms with E-state index in [-0.39, 0.29) is 12.3 Å². The fourth-order valence-electron chi connectivity index (χ4n) is 2.28. The monoisotopic (exact) mass is 293 g/mol. The zero-order valence-electron chi connectivity index (χ0n) is 12.9. The number of carbonyl (C=O) groups excluding carboxylic acids is 1. The van der Waals surface area contributed by atoms with Gasteiger partial charge in [-0.15, -0.1) is 10.2 Å². The molecular weight excluding hydrogens is 270 g/mol. The molecule has 0 aliphatic carbocycles. The van der Waals surface area contributed by atoms with E-state index < -0.39 is 11.6 Å². The molecule has 6 nitrogen and oxygen atoms in total. The maximum atomic E-state index is 11.9. The van der Waals surface area contributed by atoms with Crippen LogP contribution in [-0.4, -0.2) is 46.6 Å². The summed E-state index contributed by atoms with van der Waals surface area (Å²) in [6.07, 6.45) is 1.90. The number of hydrogen-bond acceptors (Lipinski definition) is 6. The number of hydrogen-bond donors (Lipinski definition) is 1. The van der Waals surface area contributed by atoms with Gasteiger partial charge in [0.1, 0.15) is 5.60 Å². The van der Waals surface area contributed by atoms with Crippen molar-refractivity contribution in [2.75, 3.05) is 24.6 Å². The molecule has 0 amide bonds. The van der Waals surface area contributed by atoms with Crippen molar-refractivity contribution < 1.29 is 14.6 Å². The van der Waals surface area contributed by atoms with Crippen LogP contribution in [0, 0.1) is 5.92 Å². The number of aliphatic hydroxyl groups excluding tert-OH is 1. The van der Waals surface area contributed by atoms with E-state index in [1.54, 1.807) is 12.1 Å². The van der Waals surface area contributed by atoms with Crippen molar-refractivity contribution in [2.24, 2.45) is 5.92 Å². The summed E-state index contributed by atoms with van der Waals surface area (Å²) in [7, 11) is 0. The topological polar surface area (TPSA) is 75.5 Å². The molecule has 0 radical (unpaired) electrons. The van der Waals surface area contributed by atoms with Gasteiger partial charge in [0.2, 0.25) is 0 Å². The van der Waals surface area contributed by atoms with Crippen molar-refractivity contribution in [1.82, 2.24) is 10.2 Å². The van der Waals surface area contributed by atoms with Gasteiger partial charge in [-0.2, -0.15) is 0 Å². The second-order valence-corrected chi connectivity index (χ2v) is 6.39. The average molecular weight is 293 g/mol. The largest absolute Gasteiger partial charge is 0.455 e. The van der Waals surface area contributed by atoms with E-state index in [0.29, 0.717) is 5.92 Å². The molecule has 1 aliphatic rings. The summed E-state index contributed by atoms with van der Waals surface area (Å²) in [6.45, 7) is 7.41. The lowest BCUT2D eigenvalue weighted by atomic mass is 9.98. The molecular formula is C15H23N3O3. The molecule has 0 unspecified atom stereocenters. The third kappa shape index (κ3) is 4.39. The molecule has 21 heavy (non-hydrogen) atoms. The van der Waals surface area contributed by atoms with Gasteiger partial charge in [-0.1, -0.05) is 0 Å². The Balaban J connectivity index is 1.98. The van der Waals surface area contributed by atoms with Crippen LogP contribution in [0.2, 0.25) is 0 Å². The number of carbonyl (C=O) groups is 1. The molecule has 1 fully saturated rings. The normalized spacial score (nSPS) is 16.9. The highest BCUT2D eigenvalue weighted by Crippen LogP contribution is 2.21. The lowest BCUT2D eigenvalue weighted by molar-refractivity contribution is 0.00616. The van der Waals surface area contributed by atoms with Crippen molar-refractivity contribution in [1.29, 1.82) is 0 Å². The highest BCUT2D eigenvalue weighted by Gasteiger charge is 2.22. The molecule has 6 heteroatoms. The Morgan fingerprint density at radius 2 is 2.00 bits per heavy atom. The molecule has 1 N–H and O–H groups in total. The Bertz CT molecular complexity index is 474. The number of ether oxygens (including phenoxy) is 1. The summed E-state index contributed by atoms with van der Waals surface area (Å²) in [5.74, 6) is 0.689. The van der Waals surface area contributed by atoms with E-state index in [1.807, 2.05) is 20.8 Å². The summed E-state index contributed by atoms with van der Waals surface area (Å²) in [5.41, 5.74) is -0.317. The SMILES string of the molecule is CC(C)(C)OC(=O)c1ccc(N2CCC(CO)CC2)nn1. The second-order valence-electron chi connectivity index (χ2n) is 6.39. The lowest BCUT2D eigenvalue weighted by Gasteiger charge is -2.31. The van der Waals surface area contributed by atoms with E-state index in [1.165, 1.54) is 0 Å². The first-order valence-electron chi connectivity index (χ1n) is 7.32. The van der Waals surface area contributed by atoms with Gasteiger partial charge in [-0.25, -0.2) is 4.79 Å². The van der Waals surface area contributed by atoms with Crippen LogP contribution in [0.4, 0.5) is 5.82 Å². The molecule has 1 aromatic heterocycles. The summed E-state index contributed by atoms with van der Waals surface area (Å²) < 4.78 is 5.25. The number of aromatic nitrogens is 2. The van der Waals surface area contributed by atoms with E-state index in [0.717, 1.165) is 31.7 Å². The summed E-state index contributed by atoms with van der Waals surface area (Å²) >= 11 is 0. The van der Waals surface area contributed by atoms with Crippen LogP contribution in [0.1, 0.15) is 44.1 Å². The van der Waals surface area contributed by atoms with Gasteiger partial charge < -0.3 is 14.7 Å². The van der Waals surface area contributed by atoms with E-state index in [2.05, 4.69) is 15.1 Å². The number of piperidine rings is 1. The summed E-state index contributed by atoms with van der Waals surface area (Å²) in [6, 6.07) is 3.44. The first-order chi connectivity index (χ1) is 9.89. The molecule has 0 bridgehead atoms. The summed E-state index contributed by atoms with van der Waals surface area (Å²) in [4.78, 5) is 14.0. The highest BCUT2D eigenvalue weighted by atomic mass is 16.6. The number of nitrogens with zero attached hydrogens (tertiary/aromatic N) is 3. The van der Waals surface area contributed by atoms with Gasteiger partial charge in [0.15, 0.2) is 11.5 Å². The van der Waals surface area contributed by atoms with Crippen LogP contribution in [0.15, 0.2) is 12.1 Å². The third-order valence-electron chi connectivity index (χ3n) is 3.46. The molecule has 1 aliphatic heterocycles. The number of esters is 1. The average Bonchev–Trinajstić information content (AvgIpc) is 2.46. The third-order valence-corrected chi connectivity index (χ3v) is 3.46. The first-order valence-corrected chi connectivity index (χ1v) is 7.32. The Hall–Kier alpha value is -1.69. The predicted molar refractivity (Wildman–Crippen MR) is 79.2 cm³/mol. The molecule has 0 spiro atoms. The molecule has 1 aromatic rings. The minimum atomic E-state index is -0.538. The zero-order chi connectivity index (χ0) is 15.5. The molecule has 1 saturated heterocycles. The van der Waals surface area contributed by atoms with Crippen LogP contribution >= 0.6 is 0 Å². The van der Waals surface area contributed by atoms with Gasteiger partial charge in [-0.3, -0.25) is 0 Å². The van der Waals surface area contributed by atoms with Crippen LogP contribution in [0.3, 0.4) is 0 Å². The fourth-order valence-corrected chi connectivity index (χ4v) is 2.28. The Labute approximate surface area is 125 Å². The Morgan fingerprint density at radius 3 is 2.48 bits per heavy atom. The van der Waals surface area contributed by atoms with Gasteiger partial charge >= 0.3 is 5.97 Å². The van der Waals surface area contributed by atoms with Crippen molar-refractivity contribution >= 4 is 11.8 Å². The van der Waals surface area contributed by atoms with Gasteiger partial charge in [0.25, 0.3) is 0 Å². The van der Waals surface area contributed by atoms with Crippen LogP contribution in [0.25, 0.3) is 0 Å². The van der Waals surface area contributed by atoms with E-state index in [4.69, 9.17) is 9.84 Å². The maximum Gasteiger partial charge on any atom is 0.359 e. The Kier molecular flexibility index (Phi) is 4.77. The van der Waals surface area contributed by atoms with E-state index >= 15 is 0 Å². The predicted octanol–water partition coefficient (Wildman–Crippen LogP) is 1.64. The van der Waals surface area contributed by atoms with Crippen molar-refractivity contribution in [3.05, 3.63) is 17.8 Å². The molecule has 2 heterocycles. The minimum Gasteiger partial charge on any atom is -0.455 e. The smallest absolute Gasteiger partial charge is 0.359 e. The van der Waals surface area contributed by atoms with Crippen LogP contribution in [0.5, 0.6) is 0 Å². The number of aliphatic hydroxyl groups is 1. The van der Waals surface area contributed by atoms with Crippen LogP contribution in [-0.2, 0) is 4.74 Å². The Morgan fingerprint density at radius 1 is 1.33 bits per heavy atom.